The predicted octanol–water partition coefficient (Wildman–Crippen LogP) is 1.05. The van der Waals surface area contributed by atoms with Crippen molar-refractivity contribution in [1.29, 1.82) is 5.26 Å². The average molecular weight is 278 g/mol. The summed E-state index contributed by atoms with van der Waals surface area (Å²) < 4.78 is 5.41. The minimum absolute atomic E-state index is 0.145. The van der Waals surface area contributed by atoms with Crippen LogP contribution in [-0.4, -0.2) is 42.1 Å². The van der Waals surface area contributed by atoms with Crippen molar-refractivity contribution in [2.45, 2.75) is 32.0 Å². The molecule has 20 heavy (non-hydrogen) atoms. The highest BCUT2D eigenvalue weighted by Crippen LogP contribution is 2.12. The maximum absolute atomic E-state index is 9.75. The molecule has 2 atom stereocenters. The van der Waals surface area contributed by atoms with Crippen LogP contribution in [0.2, 0.25) is 0 Å². The van der Waals surface area contributed by atoms with Crippen molar-refractivity contribution in [3.63, 3.8) is 0 Å². The van der Waals surface area contributed by atoms with E-state index in [1.807, 2.05) is 13.0 Å². The molecular weight excluding hydrogens is 256 g/mol. The van der Waals surface area contributed by atoms with Crippen molar-refractivity contribution < 1.29 is 14.9 Å². The van der Waals surface area contributed by atoms with E-state index in [1.165, 1.54) is 0 Å². The van der Waals surface area contributed by atoms with Gasteiger partial charge in [0.15, 0.2) is 0 Å². The molecule has 0 aromatic heterocycles. The molecule has 0 radical (unpaired) electrons. The van der Waals surface area contributed by atoms with E-state index in [9.17, 15) is 10.2 Å². The van der Waals surface area contributed by atoms with Crippen molar-refractivity contribution in [1.82, 2.24) is 5.32 Å². The number of nitriles is 1. The van der Waals surface area contributed by atoms with Gasteiger partial charge in [-0.2, -0.15) is 5.26 Å². The standard InChI is InChI=1S/C15H22N2O3/c1-2-4-13(18)9-17-10-14(19)11-20-15-6-3-5-12(7-15)8-16/h3,5-7,13-14,17-19H,2,4,9-11H2,1H3. The molecule has 110 valence electrons. The molecule has 0 aliphatic heterocycles. The van der Waals surface area contributed by atoms with Crippen molar-refractivity contribution in [2.75, 3.05) is 19.7 Å². The molecule has 0 aliphatic rings. The lowest BCUT2D eigenvalue weighted by Gasteiger charge is -2.15. The summed E-state index contributed by atoms with van der Waals surface area (Å²) in [5.41, 5.74) is 0.526. The topological polar surface area (TPSA) is 85.5 Å². The van der Waals surface area contributed by atoms with E-state index >= 15 is 0 Å². The average Bonchev–Trinajstić information content (AvgIpc) is 2.45. The van der Waals surface area contributed by atoms with Crippen molar-refractivity contribution in [2.24, 2.45) is 0 Å². The first-order chi connectivity index (χ1) is 9.65. The second-order valence-electron chi connectivity index (χ2n) is 4.71. The molecule has 0 bridgehead atoms. The van der Waals surface area contributed by atoms with Crippen LogP contribution < -0.4 is 10.1 Å². The van der Waals surface area contributed by atoms with Gasteiger partial charge in [-0.15, -0.1) is 0 Å². The van der Waals surface area contributed by atoms with Crippen molar-refractivity contribution in [3.05, 3.63) is 29.8 Å². The Balaban J connectivity index is 2.22. The molecule has 0 amide bonds. The summed E-state index contributed by atoms with van der Waals surface area (Å²) in [6.07, 6.45) is 0.652. The van der Waals surface area contributed by atoms with Gasteiger partial charge in [-0.05, 0) is 24.6 Å². The van der Waals surface area contributed by atoms with Gasteiger partial charge in [0.1, 0.15) is 18.5 Å². The molecule has 0 saturated heterocycles. The largest absolute Gasteiger partial charge is 0.491 e. The monoisotopic (exact) mass is 278 g/mol. The van der Waals surface area contributed by atoms with Crippen LogP contribution in [0.15, 0.2) is 24.3 Å². The Morgan fingerprint density at radius 1 is 1.30 bits per heavy atom. The van der Waals surface area contributed by atoms with Gasteiger partial charge in [-0.25, -0.2) is 0 Å². The maximum atomic E-state index is 9.75. The third-order valence-corrected chi connectivity index (χ3v) is 2.79. The van der Waals surface area contributed by atoms with E-state index in [4.69, 9.17) is 10.00 Å². The first-order valence-electron chi connectivity index (χ1n) is 6.85. The maximum Gasteiger partial charge on any atom is 0.120 e. The molecule has 0 fully saturated rings. The Morgan fingerprint density at radius 3 is 2.75 bits per heavy atom. The van der Waals surface area contributed by atoms with E-state index in [-0.39, 0.29) is 12.7 Å². The SMILES string of the molecule is CCCC(O)CNCC(O)COc1cccc(C#N)c1. The zero-order chi connectivity index (χ0) is 14.8. The predicted molar refractivity (Wildman–Crippen MR) is 76.4 cm³/mol. The number of hydrogen-bond donors (Lipinski definition) is 3. The molecule has 0 heterocycles. The lowest BCUT2D eigenvalue weighted by Crippen LogP contribution is -2.35. The molecule has 0 spiro atoms. The summed E-state index contributed by atoms with van der Waals surface area (Å²) in [5.74, 6) is 0.564. The summed E-state index contributed by atoms with van der Waals surface area (Å²) in [6, 6.07) is 8.83. The fourth-order valence-electron chi connectivity index (χ4n) is 1.76. The summed E-state index contributed by atoms with van der Waals surface area (Å²) in [4.78, 5) is 0. The van der Waals surface area contributed by atoms with E-state index in [0.29, 0.717) is 24.4 Å². The number of rotatable bonds is 9. The van der Waals surface area contributed by atoms with E-state index in [1.54, 1.807) is 24.3 Å². The van der Waals surface area contributed by atoms with E-state index < -0.39 is 6.10 Å². The van der Waals surface area contributed by atoms with E-state index in [2.05, 4.69) is 5.32 Å². The second kappa shape index (κ2) is 9.32. The molecule has 0 saturated carbocycles. The number of aliphatic hydroxyl groups excluding tert-OH is 2. The molecule has 1 rings (SSSR count). The minimum Gasteiger partial charge on any atom is -0.491 e. The molecule has 0 aliphatic carbocycles. The van der Waals surface area contributed by atoms with Crippen LogP contribution in [-0.2, 0) is 0 Å². The summed E-state index contributed by atoms with van der Waals surface area (Å²) in [7, 11) is 0. The Bertz CT molecular complexity index is 431. The van der Waals surface area contributed by atoms with E-state index in [0.717, 1.165) is 12.8 Å². The number of hydrogen-bond acceptors (Lipinski definition) is 5. The first-order valence-corrected chi connectivity index (χ1v) is 6.85. The minimum atomic E-state index is -0.658. The fourth-order valence-corrected chi connectivity index (χ4v) is 1.76. The lowest BCUT2D eigenvalue weighted by molar-refractivity contribution is 0.0984. The third kappa shape index (κ3) is 6.53. The molecule has 1 aromatic rings. The molecule has 2 unspecified atom stereocenters. The van der Waals surface area contributed by atoms with Gasteiger partial charge in [0.2, 0.25) is 0 Å². The Kier molecular flexibility index (Phi) is 7.66. The van der Waals surface area contributed by atoms with Crippen LogP contribution in [0.25, 0.3) is 0 Å². The summed E-state index contributed by atoms with van der Waals surface area (Å²) >= 11 is 0. The first kappa shape index (κ1) is 16.4. The third-order valence-electron chi connectivity index (χ3n) is 2.79. The number of benzene rings is 1. The van der Waals surface area contributed by atoms with Crippen LogP contribution in [0.4, 0.5) is 0 Å². The Labute approximate surface area is 119 Å². The van der Waals surface area contributed by atoms with Gasteiger partial charge in [0.05, 0.1) is 17.7 Å². The molecule has 1 aromatic carbocycles. The number of aliphatic hydroxyl groups is 2. The van der Waals surface area contributed by atoms with Crippen LogP contribution in [0.5, 0.6) is 5.75 Å². The van der Waals surface area contributed by atoms with Gasteiger partial charge in [-0.3, -0.25) is 0 Å². The Morgan fingerprint density at radius 2 is 2.05 bits per heavy atom. The van der Waals surface area contributed by atoms with Gasteiger partial charge >= 0.3 is 0 Å². The highest BCUT2D eigenvalue weighted by molar-refractivity contribution is 5.36. The van der Waals surface area contributed by atoms with Gasteiger partial charge in [0.25, 0.3) is 0 Å². The fraction of sp³-hybridized carbons (Fsp3) is 0.533. The molecule has 3 N–H and O–H groups in total. The van der Waals surface area contributed by atoms with Crippen molar-refractivity contribution in [3.8, 4) is 11.8 Å². The quantitative estimate of drug-likeness (QED) is 0.628. The molecule has 5 nitrogen and oxygen atoms in total. The zero-order valence-corrected chi connectivity index (χ0v) is 11.7. The molecular formula is C15H22N2O3. The number of ether oxygens (including phenoxy) is 1. The second-order valence-corrected chi connectivity index (χ2v) is 4.71. The number of nitrogens with one attached hydrogen (secondary N) is 1. The van der Waals surface area contributed by atoms with Crippen LogP contribution in [0.1, 0.15) is 25.3 Å². The van der Waals surface area contributed by atoms with Gasteiger partial charge < -0.3 is 20.3 Å². The van der Waals surface area contributed by atoms with Gasteiger partial charge in [-0.1, -0.05) is 19.4 Å². The molecule has 5 heteroatoms. The Hall–Kier alpha value is -1.61. The van der Waals surface area contributed by atoms with Crippen LogP contribution in [0, 0.1) is 11.3 Å². The summed E-state index contributed by atoms with van der Waals surface area (Å²) in [6.45, 7) is 2.99. The highest BCUT2D eigenvalue weighted by Gasteiger charge is 2.07. The number of nitrogens with zero attached hydrogens (tertiary/aromatic N) is 1. The summed E-state index contributed by atoms with van der Waals surface area (Å²) in [5, 5.41) is 31.0. The normalized spacial score (nSPS) is 13.5. The highest BCUT2D eigenvalue weighted by atomic mass is 16.5. The van der Waals surface area contributed by atoms with Gasteiger partial charge in [0, 0.05) is 13.1 Å². The zero-order valence-electron chi connectivity index (χ0n) is 11.7. The van der Waals surface area contributed by atoms with Crippen LogP contribution >= 0.6 is 0 Å². The van der Waals surface area contributed by atoms with Crippen molar-refractivity contribution >= 4 is 0 Å². The smallest absolute Gasteiger partial charge is 0.120 e. The lowest BCUT2D eigenvalue weighted by atomic mass is 10.2. The van der Waals surface area contributed by atoms with Crippen LogP contribution in [0.3, 0.4) is 0 Å².